The van der Waals surface area contributed by atoms with Crippen molar-refractivity contribution in [3.63, 3.8) is 0 Å². The largest absolute Gasteiger partial charge is 0.490 e. The zero-order chi connectivity index (χ0) is 30.4. The van der Waals surface area contributed by atoms with E-state index in [1.54, 1.807) is 24.3 Å². The van der Waals surface area contributed by atoms with Crippen molar-refractivity contribution in [2.24, 2.45) is 0 Å². The summed E-state index contributed by atoms with van der Waals surface area (Å²) in [5, 5.41) is 19.8. The van der Waals surface area contributed by atoms with Gasteiger partial charge >= 0.3 is 18.1 Å². The van der Waals surface area contributed by atoms with E-state index in [4.69, 9.17) is 19.4 Å². The lowest BCUT2D eigenvalue weighted by molar-refractivity contribution is -0.192. The smallest absolute Gasteiger partial charge is 0.478 e. The number of halogens is 3. The Bertz CT molecular complexity index is 1470. The average molecular weight is 588 g/mol. The van der Waals surface area contributed by atoms with E-state index in [0.29, 0.717) is 30.0 Å². The Labute approximate surface area is 238 Å². The van der Waals surface area contributed by atoms with E-state index >= 15 is 0 Å². The number of hydrogen-bond donors (Lipinski definition) is 3. The van der Waals surface area contributed by atoms with Crippen LogP contribution in [0.3, 0.4) is 0 Å². The van der Waals surface area contributed by atoms with Crippen LogP contribution in [-0.2, 0) is 11.3 Å². The molecule has 222 valence electrons. The van der Waals surface area contributed by atoms with Gasteiger partial charge < -0.3 is 29.9 Å². The van der Waals surface area contributed by atoms with Gasteiger partial charge in [0.05, 0.1) is 11.3 Å². The van der Waals surface area contributed by atoms with Crippen LogP contribution in [0.5, 0.6) is 11.5 Å². The van der Waals surface area contributed by atoms with Gasteiger partial charge in [0, 0.05) is 44.0 Å². The zero-order valence-corrected chi connectivity index (χ0v) is 22.5. The average Bonchev–Trinajstić information content (AvgIpc) is 3.41. The molecule has 0 bridgehead atoms. The van der Waals surface area contributed by atoms with Crippen molar-refractivity contribution in [1.29, 1.82) is 0 Å². The fraction of sp³-hybridized carbons (Fsp3) is 0.276. The zero-order valence-electron chi connectivity index (χ0n) is 22.5. The minimum absolute atomic E-state index is 0.177. The van der Waals surface area contributed by atoms with Gasteiger partial charge in [-0.3, -0.25) is 9.69 Å². The second-order valence-corrected chi connectivity index (χ2v) is 9.61. The van der Waals surface area contributed by atoms with E-state index in [0.717, 1.165) is 42.3 Å². The molecule has 0 aliphatic carbocycles. The molecule has 0 radical (unpaired) electrons. The Morgan fingerprint density at radius 2 is 1.60 bits per heavy atom. The van der Waals surface area contributed by atoms with Crippen LogP contribution in [0.15, 0.2) is 60.7 Å². The van der Waals surface area contributed by atoms with Crippen molar-refractivity contribution < 1.29 is 47.2 Å². The van der Waals surface area contributed by atoms with Gasteiger partial charge in [0.1, 0.15) is 0 Å². The summed E-state index contributed by atoms with van der Waals surface area (Å²) in [7, 11) is 0. The number of anilines is 2. The number of aliphatic carboxylic acids is 1. The summed E-state index contributed by atoms with van der Waals surface area (Å²) in [6.45, 7) is 6.00. The van der Waals surface area contributed by atoms with Crippen LogP contribution >= 0.6 is 0 Å². The molecular weight excluding hydrogens is 559 g/mol. The van der Waals surface area contributed by atoms with Gasteiger partial charge in [-0.15, -0.1) is 0 Å². The number of ether oxygens (including phenoxy) is 2. The lowest BCUT2D eigenvalue weighted by Crippen LogP contribution is -2.46. The maximum Gasteiger partial charge on any atom is 0.490 e. The summed E-state index contributed by atoms with van der Waals surface area (Å²) in [6, 6.07) is 18.3. The predicted octanol–water partition coefficient (Wildman–Crippen LogP) is 4.63. The molecule has 42 heavy (non-hydrogen) atoms. The maximum absolute atomic E-state index is 12.6. The van der Waals surface area contributed by atoms with E-state index < -0.39 is 18.1 Å². The molecule has 3 N–H and O–H groups in total. The van der Waals surface area contributed by atoms with Crippen molar-refractivity contribution in [3.8, 4) is 11.5 Å². The van der Waals surface area contributed by atoms with Gasteiger partial charge in [-0.1, -0.05) is 23.8 Å². The number of carboxylic acid groups (broad SMARTS) is 2. The van der Waals surface area contributed by atoms with E-state index in [9.17, 15) is 27.9 Å². The number of carboxylic acids is 2. The van der Waals surface area contributed by atoms with E-state index in [1.807, 2.05) is 37.3 Å². The molecule has 3 aromatic rings. The van der Waals surface area contributed by atoms with Gasteiger partial charge in [0.2, 0.25) is 6.79 Å². The van der Waals surface area contributed by atoms with Crippen LogP contribution in [0.2, 0.25) is 0 Å². The number of hydrogen-bond acceptors (Lipinski definition) is 7. The first-order valence-corrected chi connectivity index (χ1v) is 12.8. The number of piperazine rings is 1. The highest BCUT2D eigenvalue weighted by atomic mass is 19.4. The van der Waals surface area contributed by atoms with Crippen molar-refractivity contribution in [3.05, 3.63) is 82.9 Å². The second-order valence-electron chi connectivity index (χ2n) is 9.61. The van der Waals surface area contributed by atoms with Crippen molar-refractivity contribution in [2.75, 3.05) is 43.2 Å². The molecule has 0 spiro atoms. The minimum Gasteiger partial charge on any atom is -0.478 e. The minimum atomic E-state index is -5.08. The van der Waals surface area contributed by atoms with Crippen molar-refractivity contribution in [2.45, 2.75) is 19.6 Å². The molecule has 2 aliphatic rings. The fourth-order valence-electron chi connectivity index (χ4n) is 4.49. The number of aromatic carboxylic acids is 1. The summed E-state index contributed by atoms with van der Waals surface area (Å²) in [4.78, 5) is 38.0. The summed E-state index contributed by atoms with van der Waals surface area (Å²) in [5.41, 5.74) is 3.97. The third-order valence-corrected chi connectivity index (χ3v) is 6.56. The number of carbonyl (C=O) groups excluding carboxylic acids is 1. The molecule has 1 amide bonds. The Kier molecular flexibility index (Phi) is 9.21. The standard InChI is InChI=1S/C27H27N3O5.C2HF3O2/c1-18-3-2-4-20(13-18)26(31)28-21-6-7-23(22(15-21)27(32)33)30-11-9-29(10-12-30)16-19-5-8-24-25(14-19)35-17-34-24;3-2(4,5)1(6)7/h2-8,13-15H,9-12,16-17H2,1H3,(H,28,31)(H,32,33);(H,6,7). The van der Waals surface area contributed by atoms with Gasteiger partial charge in [-0.2, -0.15) is 13.2 Å². The van der Waals surface area contributed by atoms with Gasteiger partial charge in [-0.25, -0.2) is 9.59 Å². The SMILES string of the molecule is Cc1cccc(C(=O)Nc2ccc(N3CCN(Cc4ccc5c(c4)OCO5)CC3)c(C(=O)O)c2)c1.O=C(O)C(F)(F)F. The molecule has 0 aromatic heterocycles. The van der Waals surface area contributed by atoms with Gasteiger partial charge in [0.25, 0.3) is 5.91 Å². The van der Waals surface area contributed by atoms with Gasteiger partial charge in [0.15, 0.2) is 11.5 Å². The topological polar surface area (TPSA) is 129 Å². The number of nitrogens with zero attached hydrogens (tertiary/aromatic N) is 2. The van der Waals surface area contributed by atoms with Crippen LogP contribution < -0.4 is 19.7 Å². The van der Waals surface area contributed by atoms with Crippen LogP contribution in [0.25, 0.3) is 0 Å². The van der Waals surface area contributed by atoms with Crippen LogP contribution in [0, 0.1) is 6.92 Å². The number of benzene rings is 3. The first-order valence-electron chi connectivity index (χ1n) is 12.8. The summed E-state index contributed by atoms with van der Waals surface area (Å²) >= 11 is 0. The molecule has 13 heteroatoms. The Morgan fingerprint density at radius 1 is 0.905 bits per heavy atom. The third kappa shape index (κ3) is 7.69. The van der Waals surface area contributed by atoms with E-state index in [-0.39, 0.29) is 18.3 Å². The molecule has 3 aromatic carbocycles. The number of rotatable bonds is 6. The first-order chi connectivity index (χ1) is 19.9. The van der Waals surface area contributed by atoms with Crippen LogP contribution in [0.1, 0.15) is 31.8 Å². The Balaban J connectivity index is 0.000000517. The number of aryl methyl sites for hydroxylation is 1. The van der Waals surface area contributed by atoms with Crippen LogP contribution in [-0.4, -0.2) is 72.1 Å². The summed E-state index contributed by atoms with van der Waals surface area (Å²) < 4.78 is 42.6. The van der Waals surface area contributed by atoms with Crippen molar-refractivity contribution in [1.82, 2.24) is 4.90 Å². The first kappa shape index (κ1) is 30.2. The lowest BCUT2D eigenvalue weighted by atomic mass is 10.1. The Hall–Kier alpha value is -4.78. The van der Waals surface area contributed by atoms with Gasteiger partial charge in [-0.05, 0) is 55.0 Å². The summed E-state index contributed by atoms with van der Waals surface area (Å²) in [5.74, 6) is -2.49. The highest BCUT2D eigenvalue weighted by Gasteiger charge is 2.38. The molecule has 10 nitrogen and oxygen atoms in total. The monoisotopic (exact) mass is 587 g/mol. The number of alkyl halides is 3. The molecule has 5 rings (SSSR count). The Morgan fingerprint density at radius 3 is 2.24 bits per heavy atom. The molecule has 2 aliphatic heterocycles. The lowest BCUT2D eigenvalue weighted by Gasteiger charge is -2.36. The quantitative estimate of drug-likeness (QED) is 0.378. The normalized spacial score (nSPS) is 14.5. The van der Waals surface area contributed by atoms with Crippen molar-refractivity contribution >= 4 is 29.2 Å². The molecule has 1 saturated heterocycles. The third-order valence-electron chi connectivity index (χ3n) is 6.56. The molecule has 2 heterocycles. The fourth-order valence-corrected chi connectivity index (χ4v) is 4.49. The number of carbonyl (C=O) groups is 3. The molecule has 0 unspecified atom stereocenters. The predicted molar refractivity (Wildman–Crippen MR) is 146 cm³/mol. The molecule has 0 saturated carbocycles. The second kappa shape index (κ2) is 12.8. The van der Waals surface area contributed by atoms with E-state index in [1.165, 1.54) is 6.07 Å². The molecular formula is C29H28F3N3O7. The summed E-state index contributed by atoms with van der Waals surface area (Å²) in [6.07, 6.45) is -5.08. The van der Waals surface area contributed by atoms with Crippen LogP contribution in [0.4, 0.5) is 24.5 Å². The number of fused-ring (bicyclic) bond motifs is 1. The highest BCUT2D eigenvalue weighted by molar-refractivity contribution is 6.05. The number of nitrogens with one attached hydrogen (secondary N) is 1. The molecule has 1 fully saturated rings. The number of amides is 1. The molecule has 0 atom stereocenters. The van der Waals surface area contributed by atoms with E-state index in [2.05, 4.69) is 15.1 Å². The highest BCUT2D eigenvalue weighted by Crippen LogP contribution is 2.33. The maximum atomic E-state index is 12.6.